The van der Waals surface area contributed by atoms with Crippen LogP contribution in [0, 0.1) is 18.2 Å². The number of hydrogen-bond donors (Lipinski definition) is 3. The minimum atomic E-state index is -0.547. The third kappa shape index (κ3) is 4.90. The Labute approximate surface area is 226 Å². The van der Waals surface area contributed by atoms with E-state index in [1.807, 2.05) is 12.1 Å². The molecule has 5 aliphatic rings. The molecule has 202 valence electrons. The molecule has 1 amide bonds. The predicted octanol–water partition coefficient (Wildman–Crippen LogP) is 4.17. The second kappa shape index (κ2) is 9.50. The van der Waals surface area contributed by atoms with Crippen LogP contribution in [-0.4, -0.2) is 47.2 Å². The van der Waals surface area contributed by atoms with Gasteiger partial charge < -0.3 is 25.2 Å². The van der Waals surface area contributed by atoms with E-state index in [0.717, 1.165) is 24.8 Å². The highest BCUT2D eigenvalue weighted by Gasteiger charge is 2.68. The standard InChI is InChI=1S/C29H32ClFN2O5/c1-16-2-4-20(9-22(16)31)37-12-27(36)33-29-13-28(14-29,15-29)11-24(35)26-10-23(32-18-7-19(34)8-18)21-6-17(30)3-5-25(21)38-26/h2-6,9,18-19,23,26,32,34H,7-8,10-15H2,1H3,(H,33,36)/t18?,19?,23-,26+,28?,29?/m1/s1. The summed E-state index contributed by atoms with van der Waals surface area (Å²) in [6, 6.07) is 10.2. The van der Waals surface area contributed by atoms with E-state index in [0.29, 0.717) is 47.8 Å². The number of aliphatic hydroxyl groups is 1. The second-order valence-electron chi connectivity index (χ2n) is 11.8. The van der Waals surface area contributed by atoms with E-state index in [1.165, 1.54) is 6.07 Å². The molecule has 2 atom stereocenters. The van der Waals surface area contributed by atoms with Crippen LogP contribution in [0.25, 0.3) is 0 Å². The number of fused-ring (bicyclic) bond motifs is 1. The minimum absolute atomic E-state index is 0.0652. The number of aryl methyl sites for hydroxylation is 1. The number of carbonyl (C=O) groups excluding carboxylic acids is 2. The number of Topliss-reactive ketones (excluding diaryl/α,β-unsaturated/α-hetero) is 1. The van der Waals surface area contributed by atoms with E-state index in [1.54, 1.807) is 25.1 Å². The normalized spacial score (nSPS) is 32.5. The van der Waals surface area contributed by atoms with E-state index in [2.05, 4.69) is 10.6 Å². The molecular weight excluding hydrogens is 511 g/mol. The molecule has 7 rings (SSSR count). The number of hydrogen-bond acceptors (Lipinski definition) is 6. The summed E-state index contributed by atoms with van der Waals surface area (Å²) in [7, 11) is 0. The van der Waals surface area contributed by atoms with E-state index < -0.39 is 6.10 Å². The number of ketones is 1. The summed E-state index contributed by atoms with van der Waals surface area (Å²) in [6.45, 7) is 1.49. The topological polar surface area (TPSA) is 96.9 Å². The van der Waals surface area contributed by atoms with Gasteiger partial charge in [0.1, 0.15) is 17.3 Å². The summed E-state index contributed by atoms with van der Waals surface area (Å²) >= 11 is 6.24. The Morgan fingerprint density at radius 3 is 2.63 bits per heavy atom. The van der Waals surface area contributed by atoms with Gasteiger partial charge in [-0.05, 0) is 74.3 Å². The van der Waals surface area contributed by atoms with Crippen LogP contribution in [-0.2, 0) is 9.59 Å². The van der Waals surface area contributed by atoms with Gasteiger partial charge in [-0.2, -0.15) is 0 Å². The molecule has 9 heteroatoms. The number of halogens is 2. The first kappa shape index (κ1) is 25.6. The number of nitrogens with one attached hydrogen (secondary N) is 2. The molecule has 2 aromatic carbocycles. The maximum Gasteiger partial charge on any atom is 0.258 e. The van der Waals surface area contributed by atoms with Gasteiger partial charge in [0, 0.05) is 47.1 Å². The average molecular weight is 543 g/mol. The second-order valence-corrected chi connectivity index (χ2v) is 12.2. The lowest BCUT2D eigenvalue weighted by Gasteiger charge is -2.70. The van der Waals surface area contributed by atoms with Crippen LogP contribution >= 0.6 is 11.6 Å². The summed E-state index contributed by atoms with van der Waals surface area (Å²) in [6.07, 6.45) is 3.82. The van der Waals surface area contributed by atoms with Crippen LogP contribution < -0.4 is 20.1 Å². The van der Waals surface area contributed by atoms with E-state index in [-0.39, 0.29) is 53.3 Å². The molecule has 0 spiro atoms. The monoisotopic (exact) mass is 542 g/mol. The van der Waals surface area contributed by atoms with Gasteiger partial charge in [0.05, 0.1) is 6.10 Å². The van der Waals surface area contributed by atoms with Crippen molar-refractivity contribution in [3.63, 3.8) is 0 Å². The van der Waals surface area contributed by atoms with Crippen molar-refractivity contribution < 1.29 is 28.6 Å². The molecule has 2 aromatic rings. The van der Waals surface area contributed by atoms with Crippen molar-refractivity contribution >= 4 is 23.3 Å². The van der Waals surface area contributed by atoms with Crippen molar-refractivity contribution in [2.24, 2.45) is 5.41 Å². The van der Waals surface area contributed by atoms with Crippen molar-refractivity contribution in [3.8, 4) is 11.5 Å². The Hall–Kier alpha value is -2.68. The van der Waals surface area contributed by atoms with E-state index in [4.69, 9.17) is 21.1 Å². The highest BCUT2D eigenvalue weighted by atomic mass is 35.5. The molecule has 4 fully saturated rings. The lowest BCUT2D eigenvalue weighted by molar-refractivity contribution is -0.175. The number of benzene rings is 2. The van der Waals surface area contributed by atoms with Gasteiger partial charge in [0.25, 0.3) is 5.91 Å². The van der Waals surface area contributed by atoms with Crippen LogP contribution in [0.2, 0.25) is 5.02 Å². The molecule has 0 aromatic heterocycles. The van der Waals surface area contributed by atoms with Crippen LogP contribution in [0.3, 0.4) is 0 Å². The molecule has 1 heterocycles. The smallest absolute Gasteiger partial charge is 0.258 e. The Morgan fingerprint density at radius 1 is 1.16 bits per heavy atom. The lowest BCUT2D eigenvalue weighted by atomic mass is 9.38. The van der Waals surface area contributed by atoms with Crippen molar-refractivity contribution in [1.82, 2.24) is 10.6 Å². The van der Waals surface area contributed by atoms with Gasteiger partial charge in [0.2, 0.25) is 0 Å². The van der Waals surface area contributed by atoms with Gasteiger partial charge in [-0.1, -0.05) is 17.7 Å². The van der Waals surface area contributed by atoms with Crippen molar-refractivity contribution in [3.05, 3.63) is 58.4 Å². The van der Waals surface area contributed by atoms with Crippen LogP contribution in [0.5, 0.6) is 11.5 Å². The van der Waals surface area contributed by atoms with Gasteiger partial charge >= 0.3 is 0 Å². The fourth-order valence-corrected chi connectivity index (χ4v) is 6.93. The average Bonchev–Trinajstić information content (AvgIpc) is 2.81. The number of amides is 1. The number of aliphatic hydroxyl groups excluding tert-OH is 1. The fourth-order valence-electron chi connectivity index (χ4n) is 6.75. The summed E-state index contributed by atoms with van der Waals surface area (Å²) in [4.78, 5) is 25.8. The SMILES string of the molecule is Cc1ccc(OCC(=O)NC23CC(CC(=O)[C@@H]4C[C@@H](NC5CC(O)C5)c5cc(Cl)ccc5O4)(C2)C3)cc1F. The zero-order chi connectivity index (χ0) is 26.7. The minimum Gasteiger partial charge on any atom is -0.484 e. The molecule has 4 saturated carbocycles. The van der Waals surface area contributed by atoms with E-state index in [9.17, 15) is 19.1 Å². The maximum atomic E-state index is 13.7. The highest BCUT2D eigenvalue weighted by Crippen LogP contribution is 2.69. The third-order valence-corrected chi connectivity index (χ3v) is 8.82. The van der Waals surface area contributed by atoms with Gasteiger partial charge in [-0.3, -0.25) is 9.59 Å². The van der Waals surface area contributed by atoms with Crippen LogP contribution in [0.4, 0.5) is 4.39 Å². The summed E-state index contributed by atoms with van der Waals surface area (Å²) < 4.78 is 25.3. The van der Waals surface area contributed by atoms with Crippen LogP contribution in [0.15, 0.2) is 36.4 Å². The Balaban J connectivity index is 1.01. The zero-order valence-corrected chi connectivity index (χ0v) is 22.0. The van der Waals surface area contributed by atoms with Crippen molar-refractivity contribution in [2.75, 3.05) is 6.61 Å². The molecule has 1 aliphatic heterocycles. The van der Waals surface area contributed by atoms with Crippen molar-refractivity contribution in [2.45, 2.75) is 81.7 Å². The molecule has 3 N–H and O–H groups in total. The third-order valence-electron chi connectivity index (χ3n) is 8.58. The molecule has 0 radical (unpaired) electrons. The van der Waals surface area contributed by atoms with Gasteiger partial charge in [-0.25, -0.2) is 4.39 Å². The summed E-state index contributed by atoms with van der Waals surface area (Å²) in [5, 5.41) is 16.9. The molecule has 7 nitrogen and oxygen atoms in total. The Kier molecular flexibility index (Phi) is 6.40. The Bertz CT molecular complexity index is 1260. The number of rotatable bonds is 9. The zero-order valence-electron chi connectivity index (χ0n) is 21.3. The number of carbonyl (C=O) groups is 2. The number of ether oxygens (including phenoxy) is 2. The van der Waals surface area contributed by atoms with Gasteiger partial charge in [0.15, 0.2) is 18.5 Å². The molecule has 0 saturated heterocycles. The largest absolute Gasteiger partial charge is 0.484 e. The first-order chi connectivity index (χ1) is 18.1. The Morgan fingerprint density at radius 2 is 1.92 bits per heavy atom. The maximum absolute atomic E-state index is 13.7. The van der Waals surface area contributed by atoms with Gasteiger partial charge in [-0.15, -0.1) is 0 Å². The molecular formula is C29H32ClFN2O5. The van der Waals surface area contributed by atoms with Crippen LogP contribution in [0.1, 0.15) is 62.1 Å². The predicted molar refractivity (Wildman–Crippen MR) is 139 cm³/mol. The fraction of sp³-hybridized carbons (Fsp3) is 0.517. The molecule has 2 bridgehead atoms. The summed E-state index contributed by atoms with van der Waals surface area (Å²) in [5.41, 5.74) is 1.11. The molecule has 38 heavy (non-hydrogen) atoms. The molecule has 0 unspecified atom stereocenters. The first-order valence-corrected chi connectivity index (χ1v) is 13.6. The molecule has 4 aliphatic carbocycles. The van der Waals surface area contributed by atoms with E-state index >= 15 is 0 Å². The lowest BCUT2D eigenvalue weighted by Crippen LogP contribution is -2.75. The first-order valence-electron chi connectivity index (χ1n) is 13.2. The van der Waals surface area contributed by atoms with Crippen molar-refractivity contribution in [1.29, 1.82) is 0 Å². The quantitative estimate of drug-likeness (QED) is 0.440. The highest BCUT2D eigenvalue weighted by molar-refractivity contribution is 6.30. The summed E-state index contributed by atoms with van der Waals surface area (Å²) in [5.74, 6) is 0.459.